The zero-order valence-corrected chi connectivity index (χ0v) is 11.5. The van der Waals surface area contributed by atoms with Gasteiger partial charge in [-0.3, -0.25) is 0 Å². The Labute approximate surface area is 118 Å². The Bertz CT molecular complexity index is 624. The Balaban J connectivity index is 2.40. The van der Waals surface area contributed by atoms with Crippen molar-refractivity contribution in [1.82, 2.24) is 9.97 Å². The highest BCUT2D eigenvalue weighted by molar-refractivity contribution is 6.29. The average molecular weight is 302 g/mol. The fraction of sp³-hybridized carbons (Fsp3) is 0.231. The summed E-state index contributed by atoms with van der Waals surface area (Å²) < 4.78 is 39.9. The Hall–Kier alpha value is -1.82. The molecule has 0 saturated carbocycles. The zero-order chi connectivity index (χ0) is 14.9. The van der Waals surface area contributed by atoms with E-state index in [1.165, 1.54) is 6.07 Å². The predicted octanol–water partition coefficient (Wildman–Crippen LogP) is 4.41. The molecule has 0 aliphatic heterocycles. The first-order valence-electron chi connectivity index (χ1n) is 5.83. The Morgan fingerprint density at radius 3 is 2.20 bits per heavy atom. The topological polar surface area (TPSA) is 37.8 Å². The molecule has 0 amide bonds. The van der Waals surface area contributed by atoms with Crippen LogP contribution in [0.4, 0.5) is 24.7 Å². The number of rotatable bonds is 3. The van der Waals surface area contributed by atoms with Crippen molar-refractivity contribution < 1.29 is 13.2 Å². The predicted molar refractivity (Wildman–Crippen MR) is 70.7 cm³/mol. The van der Waals surface area contributed by atoms with E-state index in [4.69, 9.17) is 11.6 Å². The average Bonchev–Trinajstić information content (AvgIpc) is 2.33. The lowest BCUT2D eigenvalue weighted by atomic mass is 10.2. The number of hydrogen-bond donors (Lipinski definition) is 1. The minimum Gasteiger partial charge on any atom is -0.335 e. The van der Waals surface area contributed by atoms with Crippen molar-refractivity contribution in [2.75, 3.05) is 5.32 Å². The van der Waals surface area contributed by atoms with Gasteiger partial charge in [0, 0.05) is 24.1 Å². The van der Waals surface area contributed by atoms with Crippen LogP contribution in [0.2, 0.25) is 5.15 Å². The van der Waals surface area contributed by atoms with Crippen molar-refractivity contribution in [3.63, 3.8) is 0 Å². The molecule has 0 radical (unpaired) electrons. The Morgan fingerprint density at radius 1 is 1.05 bits per heavy atom. The van der Waals surface area contributed by atoms with Crippen molar-refractivity contribution >= 4 is 23.1 Å². The summed E-state index contributed by atoms with van der Waals surface area (Å²) in [5.41, 5.74) is -0.490. The van der Waals surface area contributed by atoms with E-state index in [1.54, 1.807) is 0 Å². The number of nitrogens with one attached hydrogen (secondary N) is 1. The Kier molecular flexibility index (Phi) is 4.13. The van der Waals surface area contributed by atoms with Gasteiger partial charge in [-0.15, -0.1) is 0 Å². The molecule has 2 aromatic rings. The molecule has 0 atom stereocenters. The molecule has 1 heterocycles. The van der Waals surface area contributed by atoms with E-state index in [0.717, 1.165) is 0 Å². The SMILES string of the molecule is CC(C)c1nc(Cl)cc(Nc2c(F)cc(F)cc2F)n1. The maximum absolute atomic E-state index is 13.5. The molecule has 0 aliphatic carbocycles. The van der Waals surface area contributed by atoms with Crippen molar-refractivity contribution in [3.05, 3.63) is 46.6 Å². The summed E-state index contributed by atoms with van der Waals surface area (Å²) >= 11 is 5.83. The van der Waals surface area contributed by atoms with Crippen LogP contribution in [0.25, 0.3) is 0 Å². The highest BCUT2D eigenvalue weighted by Crippen LogP contribution is 2.25. The summed E-state index contributed by atoms with van der Waals surface area (Å²) in [5, 5.41) is 2.60. The van der Waals surface area contributed by atoms with Crippen LogP contribution in [0, 0.1) is 17.5 Å². The molecule has 0 fully saturated rings. The van der Waals surface area contributed by atoms with E-state index in [9.17, 15) is 13.2 Å². The van der Waals surface area contributed by atoms with E-state index >= 15 is 0 Å². The van der Waals surface area contributed by atoms with Gasteiger partial charge in [-0.05, 0) is 0 Å². The number of nitrogens with zero attached hydrogens (tertiary/aromatic N) is 2. The second-order valence-electron chi connectivity index (χ2n) is 4.46. The molecule has 7 heteroatoms. The van der Waals surface area contributed by atoms with Crippen LogP contribution >= 0.6 is 11.6 Å². The second kappa shape index (κ2) is 5.66. The van der Waals surface area contributed by atoms with Gasteiger partial charge in [0.1, 0.15) is 28.3 Å². The molecule has 2 rings (SSSR count). The molecule has 1 aromatic heterocycles. The van der Waals surface area contributed by atoms with Crippen molar-refractivity contribution in [2.45, 2.75) is 19.8 Å². The molecule has 0 unspecified atom stereocenters. The molecule has 0 aliphatic rings. The maximum Gasteiger partial charge on any atom is 0.152 e. The summed E-state index contributed by atoms with van der Waals surface area (Å²) in [6.45, 7) is 3.71. The normalized spacial score (nSPS) is 10.9. The van der Waals surface area contributed by atoms with Crippen molar-refractivity contribution in [2.24, 2.45) is 0 Å². The molecule has 1 aromatic carbocycles. The lowest BCUT2D eigenvalue weighted by Crippen LogP contribution is -2.04. The van der Waals surface area contributed by atoms with Crippen LogP contribution in [0.3, 0.4) is 0 Å². The lowest BCUT2D eigenvalue weighted by molar-refractivity contribution is 0.548. The maximum atomic E-state index is 13.5. The third-order valence-corrected chi connectivity index (χ3v) is 2.68. The summed E-state index contributed by atoms with van der Waals surface area (Å²) in [6.07, 6.45) is 0. The number of benzene rings is 1. The van der Waals surface area contributed by atoms with Crippen LogP contribution in [-0.2, 0) is 0 Å². The minimum atomic E-state index is -1.05. The summed E-state index contributed by atoms with van der Waals surface area (Å²) in [6, 6.07) is 2.49. The van der Waals surface area contributed by atoms with Gasteiger partial charge in [-0.2, -0.15) is 0 Å². The molecule has 0 saturated heterocycles. The number of hydrogen-bond acceptors (Lipinski definition) is 3. The largest absolute Gasteiger partial charge is 0.335 e. The Morgan fingerprint density at radius 2 is 1.65 bits per heavy atom. The molecule has 106 valence electrons. The highest BCUT2D eigenvalue weighted by atomic mass is 35.5. The fourth-order valence-corrected chi connectivity index (χ4v) is 1.74. The summed E-state index contributed by atoms with van der Waals surface area (Å²) in [5.74, 6) is -2.53. The van der Waals surface area contributed by atoms with E-state index in [0.29, 0.717) is 18.0 Å². The third-order valence-electron chi connectivity index (χ3n) is 2.49. The molecule has 1 N–H and O–H groups in total. The first-order chi connectivity index (χ1) is 9.36. The molecule has 0 bridgehead atoms. The van der Waals surface area contributed by atoms with Crippen molar-refractivity contribution in [3.8, 4) is 0 Å². The second-order valence-corrected chi connectivity index (χ2v) is 4.85. The number of halogens is 4. The summed E-state index contributed by atoms with van der Waals surface area (Å²) in [7, 11) is 0. The standard InChI is InChI=1S/C13H11ClF3N3/c1-6(2)13-18-10(14)5-11(20-13)19-12-8(16)3-7(15)4-9(12)17/h3-6H,1-2H3,(H,18,19,20). The smallest absolute Gasteiger partial charge is 0.152 e. The first-order valence-corrected chi connectivity index (χ1v) is 6.20. The van der Waals surface area contributed by atoms with E-state index < -0.39 is 23.1 Å². The van der Waals surface area contributed by atoms with Crippen LogP contribution in [0.15, 0.2) is 18.2 Å². The van der Waals surface area contributed by atoms with E-state index in [1.807, 2.05) is 13.8 Å². The first kappa shape index (κ1) is 14.6. The van der Waals surface area contributed by atoms with Gasteiger partial charge >= 0.3 is 0 Å². The zero-order valence-electron chi connectivity index (χ0n) is 10.7. The quantitative estimate of drug-likeness (QED) is 0.853. The molecular weight excluding hydrogens is 291 g/mol. The molecular formula is C13H11ClF3N3. The van der Waals surface area contributed by atoms with Gasteiger partial charge < -0.3 is 5.32 Å². The van der Waals surface area contributed by atoms with Crippen LogP contribution < -0.4 is 5.32 Å². The van der Waals surface area contributed by atoms with Crippen molar-refractivity contribution in [1.29, 1.82) is 0 Å². The molecule has 0 spiro atoms. The van der Waals surface area contributed by atoms with E-state index in [2.05, 4.69) is 15.3 Å². The van der Waals surface area contributed by atoms with Gasteiger partial charge in [0.25, 0.3) is 0 Å². The fourth-order valence-electron chi connectivity index (χ4n) is 1.55. The monoisotopic (exact) mass is 301 g/mol. The van der Waals surface area contributed by atoms with Gasteiger partial charge in [-0.1, -0.05) is 25.4 Å². The van der Waals surface area contributed by atoms with Gasteiger partial charge in [0.2, 0.25) is 0 Å². The number of aromatic nitrogens is 2. The van der Waals surface area contributed by atoms with Gasteiger partial charge in [-0.25, -0.2) is 23.1 Å². The van der Waals surface area contributed by atoms with Crippen LogP contribution in [0.1, 0.15) is 25.6 Å². The van der Waals surface area contributed by atoms with Crippen LogP contribution in [0.5, 0.6) is 0 Å². The molecule has 20 heavy (non-hydrogen) atoms. The molecule has 3 nitrogen and oxygen atoms in total. The third kappa shape index (κ3) is 3.19. The summed E-state index contributed by atoms with van der Waals surface area (Å²) in [4.78, 5) is 8.10. The van der Waals surface area contributed by atoms with Crippen LogP contribution in [-0.4, -0.2) is 9.97 Å². The highest BCUT2D eigenvalue weighted by Gasteiger charge is 2.14. The minimum absolute atomic E-state index is 0.00263. The number of anilines is 2. The van der Waals surface area contributed by atoms with Gasteiger partial charge in [0.15, 0.2) is 11.6 Å². The van der Waals surface area contributed by atoms with E-state index in [-0.39, 0.29) is 16.9 Å². The lowest BCUT2D eigenvalue weighted by Gasteiger charge is -2.11. The van der Waals surface area contributed by atoms with Gasteiger partial charge in [0.05, 0.1) is 0 Å².